The van der Waals surface area contributed by atoms with Crippen molar-refractivity contribution in [1.29, 1.82) is 0 Å². The van der Waals surface area contributed by atoms with Gasteiger partial charge in [-0.2, -0.15) is 0 Å². The van der Waals surface area contributed by atoms with Gasteiger partial charge in [-0.1, -0.05) is 0 Å². The van der Waals surface area contributed by atoms with Crippen LogP contribution in [0.4, 0.5) is 0 Å². The fraction of sp³-hybridized carbons (Fsp3) is 0.263. The van der Waals surface area contributed by atoms with Crippen LogP contribution in [0.2, 0.25) is 0 Å². The predicted octanol–water partition coefficient (Wildman–Crippen LogP) is 2.20. The van der Waals surface area contributed by atoms with E-state index in [2.05, 4.69) is 4.98 Å². The summed E-state index contributed by atoms with van der Waals surface area (Å²) in [6, 6.07) is 3.93. The third-order valence-corrected chi connectivity index (χ3v) is 5.81. The van der Waals surface area contributed by atoms with Crippen LogP contribution in [0.1, 0.15) is 28.2 Å². The van der Waals surface area contributed by atoms with Gasteiger partial charge >= 0.3 is 5.97 Å². The SMILES string of the molecule is COc1ccc(-c2nc3sc(C(=O)O)c(C)c3c(=O)n2C(C)C(N)=O)cc1OC. The number of nitrogens with zero attached hydrogens (tertiary/aromatic N) is 2. The number of methoxy groups -OCH3 is 2. The third-order valence-electron chi connectivity index (χ3n) is 4.63. The summed E-state index contributed by atoms with van der Waals surface area (Å²) in [6.07, 6.45) is 0. The van der Waals surface area contributed by atoms with Crippen LogP contribution in [0.3, 0.4) is 0 Å². The molecule has 0 aliphatic carbocycles. The molecular weight excluding hydrogens is 398 g/mol. The lowest BCUT2D eigenvalue weighted by molar-refractivity contribution is -0.120. The first-order valence-electron chi connectivity index (χ1n) is 8.51. The Morgan fingerprint density at radius 1 is 1.24 bits per heavy atom. The maximum Gasteiger partial charge on any atom is 0.346 e. The second-order valence-electron chi connectivity index (χ2n) is 6.30. The quantitative estimate of drug-likeness (QED) is 0.628. The number of aromatic nitrogens is 2. The summed E-state index contributed by atoms with van der Waals surface area (Å²) in [5, 5.41) is 9.56. The number of benzene rings is 1. The van der Waals surface area contributed by atoms with Crippen molar-refractivity contribution < 1.29 is 24.2 Å². The Kier molecular flexibility index (Phi) is 5.29. The highest BCUT2D eigenvalue weighted by Crippen LogP contribution is 2.34. The van der Waals surface area contributed by atoms with Crippen LogP contribution in [-0.2, 0) is 4.79 Å². The molecule has 1 amide bonds. The number of carboxylic acid groups (broad SMARTS) is 1. The minimum absolute atomic E-state index is 0.0207. The Morgan fingerprint density at radius 2 is 1.90 bits per heavy atom. The van der Waals surface area contributed by atoms with Crippen LogP contribution in [0.15, 0.2) is 23.0 Å². The zero-order chi connectivity index (χ0) is 21.5. The highest BCUT2D eigenvalue weighted by atomic mass is 32.1. The number of carbonyl (C=O) groups excluding carboxylic acids is 1. The van der Waals surface area contributed by atoms with Gasteiger partial charge in [0.25, 0.3) is 5.56 Å². The number of hydrogen-bond donors (Lipinski definition) is 2. The highest BCUT2D eigenvalue weighted by Gasteiger charge is 2.26. The van der Waals surface area contributed by atoms with Crippen LogP contribution in [0.5, 0.6) is 11.5 Å². The van der Waals surface area contributed by atoms with Crippen molar-refractivity contribution in [2.24, 2.45) is 5.73 Å². The molecule has 29 heavy (non-hydrogen) atoms. The molecule has 3 aromatic rings. The summed E-state index contributed by atoms with van der Waals surface area (Å²) in [7, 11) is 2.97. The highest BCUT2D eigenvalue weighted by molar-refractivity contribution is 7.20. The van der Waals surface area contributed by atoms with Gasteiger partial charge in [0, 0.05) is 5.56 Å². The van der Waals surface area contributed by atoms with E-state index in [0.29, 0.717) is 22.6 Å². The van der Waals surface area contributed by atoms with E-state index in [9.17, 15) is 19.5 Å². The van der Waals surface area contributed by atoms with Gasteiger partial charge in [0.2, 0.25) is 5.91 Å². The number of thiophene rings is 1. The van der Waals surface area contributed by atoms with E-state index in [-0.39, 0.29) is 20.9 Å². The molecule has 2 aromatic heterocycles. The van der Waals surface area contributed by atoms with E-state index in [1.165, 1.54) is 25.7 Å². The second kappa shape index (κ2) is 7.55. The van der Waals surface area contributed by atoms with Crippen LogP contribution >= 0.6 is 11.3 Å². The van der Waals surface area contributed by atoms with Gasteiger partial charge in [0.15, 0.2) is 11.5 Å². The van der Waals surface area contributed by atoms with Crippen LogP contribution < -0.4 is 20.8 Å². The van der Waals surface area contributed by atoms with E-state index in [0.717, 1.165) is 11.3 Å². The largest absolute Gasteiger partial charge is 0.493 e. The number of carbonyl (C=O) groups is 2. The van der Waals surface area contributed by atoms with Gasteiger partial charge < -0.3 is 20.3 Å². The first-order valence-corrected chi connectivity index (χ1v) is 9.33. The average molecular weight is 417 g/mol. The molecule has 3 rings (SSSR count). The van der Waals surface area contributed by atoms with Crippen molar-refractivity contribution in [2.45, 2.75) is 19.9 Å². The van der Waals surface area contributed by atoms with Gasteiger partial charge in [0.1, 0.15) is 21.6 Å². The van der Waals surface area contributed by atoms with Gasteiger partial charge in [-0.3, -0.25) is 14.2 Å². The lowest BCUT2D eigenvalue weighted by Gasteiger charge is -2.18. The molecule has 1 unspecified atom stereocenters. The van der Waals surface area contributed by atoms with Gasteiger partial charge in [-0.15, -0.1) is 11.3 Å². The summed E-state index contributed by atoms with van der Waals surface area (Å²) in [5.74, 6) is -0.804. The number of hydrogen-bond acceptors (Lipinski definition) is 7. The molecule has 2 heterocycles. The molecule has 0 fully saturated rings. The number of carboxylic acids is 1. The van der Waals surface area contributed by atoms with E-state index in [1.54, 1.807) is 25.1 Å². The molecule has 0 spiro atoms. The van der Waals surface area contributed by atoms with Crippen LogP contribution in [0, 0.1) is 6.92 Å². The van der Waals surface area contributed by atoms with Crippen LogP contribution in [-0.4, -0.2) is 40.8 Å². The van der Waals surface area contributed by atoms with Gasteiger partial charge in [-0.25, -0.2) is 9.78 Å². The Labute approximate surface area is 169 Å². The number of nitrogens with two attached hydrogens (primary N) is 1. The lowest BCUT2D eigenvalue weighted by Crippen LogP contribution is -2.33. The van der Waals surface area contributed by atoms with Crippen molar-refractivity contribution >= 4 is 33.4 Å². The summed E-state index contributed by atoms with van der Waals surface area (Å²) in [4.78, 5) is 41.5. The summed E-state index contributed by atoms with van der Waals surface area (Å²) >= 11 is 0.905. The molecule has 152 valence electrons. The Bertz CT molecular complexity index is 1200. The number of amides is 1. The first kappa shape index (κ1) is 20.3. The number of fused-ring (bicyclic) bond motifs is 1. The van der Waals surface area contributed by atoms with Crippen LogP contribution in [0.25, 0.3) is 21.6 Å². The van der Waals surface area contributed by atoms with E-state index >= 15 is 0 Å². The fourth-order valence-electron chi connectivity index (χ4n) is 3.07. The molecular formula is C19H19N3O6S. The molecule has 0 saturated heterocycles. The lowest BCUT2D eigenvalue weighted by atomic mass is 10.1. The number of ether oxygens (including phenoxy) is 2. The molecule has 1 atom stereocenters. The Balaban J connectivity index is 2.42. The maximum atomic E-state index is 13.3. The van der Waals surface area contributed by atoms with Crippen molar-refractivity contribution in [2.75, 3.05) is 14.2 Å². The molecule has 0 saturated carbocycles. The third kappa shape index (κ3) is 3.31. The minimum Gasteiger partial charge on any atom is -0.493 e. The summed E-state index contributed by atoms with van der Waals surface area (Å²) in [5.41, 5.74) is 5.71. The second-order valence-corrected chi connectivity index (χ2v) is 7.30. The molecule has 10 heteroatoms. The van der Waals surface area contributed by atoms with Gasteiger partial charge in [0.05, 0.1) is 19.6 Å². The summed E-state index contributed by atoms with van der Waals surface area (Å²) in [6.45, 7) is 3.03. The maximum absolute atomic E-state index is 13.3. The smallest absolute Gasteiger partial charge is 0.346 e. The number of aryl methyl sites for hydroxylation is 1. The van der Waals surface area contributed by atoms with Crippen molar-refractivity contribution in [1.82, 2.24) is 9.55 Å². The molecule has 0 bridgehead atoms. The standard InChI is InChI=1S/C19H19N3O6S/c1-8-13-17(29-14(8)19(25)26)21-16(22(18(13)24)9(2)15(20)23)10-5-6-11(27-3)12(7-10)28-4/h5-7,9H,1-4H3,(H2,20,23)(H,25,26). The molecule has 0 radical (unpaired) electrons. The average Bonchev–Trinajstić information content (AvgIpc) is 3.03. The molecule has 0 aliphatic rings. The fourth-order valence-corrected chi connectivity index (χ4v) is 4.08. The number of primary amides is 1. The van der Waals surface area contributed by atoms with Gasteiger partial charge in [-0.05, 0) is 37.6 Å². The normalized spacial score (nSPS) is 12.0. The first-order chi connectivity index (χ1) is 13.7. The number of aromatic carboxylic acids is 1. The number of rotatable bonds is 6. The van der Waals surface area contributed by atoms with E-state index in [1.807, 2.05) is 0 Å². The van der Waals surface area contributed by atoms with Crippen molar-refractivity contribution in [3.8, 4) is 22.9 Å². The topological polar surface area (TPSA) is 134 Å². The minimum atomic E-state index is -1.15. The molecule has 9 nitrogen and oxygen atoms in total. The van der Waals surface area contributed by atoms with E-state index < -0.39 is 23.5 Å². The molecule has 1 aromatic carbocycles. The van der Waals surface area contributed by atoms with E-state index in [4.69, 9.17) is 15.2 Å². The predicted molar refractivity (Wildman–Crippen MR) is 108 cm³/mol. The monoisotopic (exact) mass is 417 g/mol. The zero-order valence-electron chi connectivity index (χ0n) is 16.2. The Hall–Kier alpha value is -3.40. The summed E-state index contributed by atoms with van der Waals surface area (Å²) < 4.78 is 11.7. The molecule has 3 N–H and O–H groups in total. The van der Waals surface area contributed by atoms with Crippen molar-refractivity contribution in [3.63, 3.8) is 0 Å². The zero-order valence-corrected chi connectivity index (χ0v) is 17.0. The molecule has 0 aliphatic heterocycles. The van der Waals surface area contributed by atoms with Crippen molar-refractivity contribution in [3.05, 3.63) is 39.0 Å². The Morgan fingerprint density at radius 3 is 2.45 bits per heavy atom.